The Morgan fingerprint density at radius 2 is 1.78 bits per heavy atom. The fourth-order valence-electron chi connectivity index (χ4n) is 4.94. The van der Waals surface area contributed by atoms with Gasteiger partial charge in [-0.1, -0.05) is 34.1 Å². The molecule has 0 aromatic heterocycles. The Labute approximate surface area is 113 Å². The molecule has 6 atom stereocenters. The lowest BCUT2D eigenvalue weighted by molar-refractivity contribution is 0.185. The highest BCUT2D eigenvalue weighted by Crippen LogP contribution is 2.58. The van der Waals surface area contributed by atoms with E-state index in [0.29, 0.717) is 5.41 Å². The van der Waals surface area contributed by atoms with Crippen molar-refractivity contribution in [1.82, 2.24) is 5.32 Å². The molecule has 0 saturated heterocycles. The molecule has 1 N–H and O–H groups in total. The van der Waals surface area contributed by atoms with Gasteiger partial charge in [-0.15, -0.1) is 0 Å². The first-order valence-corrected chi connectivity index (χ1v) is 8.20. The molecule has 0 spiro atoms. The van der Waals surface area contributed by atoms with Gasteiger partial charge in [-0.3, -0.25) is 0 Å². The van der Waals surface area contributed by atoms with Crippen LogP contribution in [0, 0.1) is 35.0 Å². The van der Waals surface area contributed by atoms with E-state index in [1.807, 2.05) is 0 Å². The van der Waals surface area contributed by atoms with Crippen molar-refractivity contribution < 1.29 is 0 Å². The van der Waals surface area contributed by atoms with Gasteiger partial charge in [0.25, 0.3) is 0 Å². The standard InChI is InChI=1S/C17H31N/c1-11(17(2,3)4)10-18-16-9-12-8-15(16)14-7-5-6-13(12)14/h11-16,18H,5-10H2,1-4H3. The van der Waals surface area contributed by atoms with Crippen LogP contribution < -0.4 is 5.32 Å². The summed E-state index contributed by atoms with van der Waals surface area (Å²) in [5.41, 5.74) is 0.445. The predicted octanol–water partition coefficient (Wildman–Crippen LogP) is 4.08. The van der Waals surface area contributed by atoms with E-state index in [1.165, 1.54) is 19.4 Å². The van der Waals surface area contributed by atoms with Crippen LogP contribution in [0.1, 0.15) is 59.8 Å². The minimum absolute atomic E-state index is 0.445. The largest absolute Gasteiger partial charge is 0.313 e. The lowest BCUT2D eigenvalue weighted by atomic mass is 9.78. The van der Waals surface area contributed by atoms with Gasteiger partial charge in [0.1, 0.15) is 0 Å². The molecule has 104 valence electrons. The zero-order valence-corrected chi connectivity index (χ0v) is 12.7. The van der Waals surface area contributed by atoms with Crippen molar-refractivity contribution in [3.63, 3.8) is 0 Å². The van der Waals surface area contributed by atoms with Gasteiger partial charge in [-0.05, 0) is 67.2 Å². The van der Waals surface area contributed by atoms with E-state index in [1.54, 1.807) is 19.3 Å². The number of nitrogens with one attached hydrogen (secondary N) is 1. The van der Waals surface area contributed by atoms with Crippen molar-refractivity contribution in [2.45, 2.75) is 65.8 Å². The van der Waals surface area contributed by atoms with E-state index in [4.69, 9.17) is 0 Å². The Morgan fingerprint density at radius 3 is 2.50 bits per heavy atom. The van der Waals surface area contributed by atoms with Crippen LogP contribution in [0.25, 0.3) is 0 Å². The minimum Gasteiger partial charge on any atom is -0.313 e. The summed E-state index contributed by atoms with van der Waals surface area (Å²) in [6.07, 6.45) is 7.66. The van der Waals surface area contributed by atoms with Crippen LogP contribution in [-0.2, 0) is 0 Å². The van der Waals surface area contributed by atoms with Crippen molar-refractivity contribution >= 4 is 0 Å². The molecule has 0 aromatic carbocycles. The highest BCUT2D eigenvalue weighted by atomic mass is 14.9. The van der Waals surface area contributed by atoms with Gasteiger partial charge in [0.2, 0.25) is 0 Å². The Morgan fingerprint density at radius 1 is 1.06 bits per heavy atom. The molecule has 0 radical (unpaired) electrons. The van der Waals surface area contributed by atoms with Gasteiger partial charge in [0, 0.05) is 6.04 Å². The van der Waals surface area contributed by atoms with Crippen LogP contribution in [0.3, 0.4) is 0 Å². The van der Waals surface area contributed by atoms with E-state index in [0.717, 1.165) is 35.6 Å². The highest BCUT2D eigenvalue weighted by Gasteiger charge is 2.53. The molecule has 3 aliphatic carbocycles. The van der Waals surface area contributed by atoms with Gasteiger partial charge < -0.3 is 5.32 Å². The summed E-state index contributed by atoms with van der Waals surface area (Å²) in [7, 11) is 0. The fraction of sp³-hybridized carbons (Fsp3) is 1.00. The number of fused-ring (bicyclic) bond motifs is 5. The van der Waals surface area contributed by atoms with E-state index < -0.39 is 0 Å². The van der Waals surface area contributed by atoms with Gasteiger partial charge in [-0.25, -0.2) is 0 Å². The molecule has 3 saturated carbocycles. The molecule has 0 amide bonds. The molecule has 1 nitrogen and oxygen atoms in total. The summed E-state index contributed by atoms with van der Waals surface area (Å²) < 4.78 is 0. The summed E-state index contributed by atoms with van der Waals surface area (Å²) in [4.78, 5) is 0. The van der Waals surface area contributed by atoms with Gasteiger partial charge >= 0.3 is 0 Å². The summed E-state index contributed by atoms with van der Waals surface area (Å²) >= 11 is 0. The summed E-state index contributed by atoms with van der Waals surface area (Å²) in [5.74, 6) is 5.13. The lowest BCUT2D eigenvalue weighted by Gasteiger charge is -2.35. The zero-order chi connectivity index (χ0) is 12.9. The lowest BCUT2D eigenvalue weighted by Crippen LogP contribution is -2.42. The molecule has 2 bridgehead atoms. The van der Waals surface area contributed by atoms with Gasteiger partial charge in [0.15, 0.2) is 0 Å². The summed E-state index contributed by atoms with van der Waals surface area (Å²) in [6, 6.07) is 0.860. The maximum Gasteiger partial charge on any atom is 0.0101 e. The SMILES string of the molecule is CC(CNC1CC2CC1C1CCCC21)C(C)(C)C. The first-order valence-electron chi connectivity index (χ1n) is 8.20. The average molecular weight is 249 g/mol. The quantitative estimate of drug-likeness (QED) is 0.794. The second-order valence-corrected chi connectivity index (χ2v) is 8.44. The van der Waals surface area contributed by atoms with Crippen molar-refractivity contribution in [2.24, 2.45) is 35.0 Å². The van der Waals surface area contributed by atoms with Crippen LogP contribution in [0.15, 0.2) is 0 Å². The maximum atomic E-state index is 3.93. The highest BCUT2D eigenvalue weighted by molar-refractivity contribution is 5.05. The monoisotopic (exact) mass is 249 g/mol. The molecular formula is C17H31N. The third-order valence-corrected chi connectivity index (χ3v) is 6.59. The van der Waals surface area contributed by atoms with Crippen LogP contribution in [0.2, 0.25) is 0 Å². The van der Waals surface area contributed by atoms with Crippen LogP contribution in [-0.4, -0.2) is 12.6 Å². The molecule has 6 unspecified atom stereocenters. The van der Waals surface area contributed by atoms with E-state index in [-0.39, 0.29) is 0 Å². The third kappa shape index (κ3) is 2.13. The Hall–Kier alpha value is -0.0400. The third-order valence-electron chi connectivity index (χ3n) is 6.59. The van der Waals surface area contributed by atoms with E-state index in [9.17, 15) is 0 Å². The molecule has 0 heterocycles. The minimum atomic E-state index is 0.445. The van der Waals surface area contributed by atoms with Crippen LogP contribution in [0.4, 0.5) is 0 Å². The molecule has 0 aromatic rings. The number of hydrogen-bond donors (Lipinski definition) is 1. The topological polar surface area (TPSA) is 12.0 Å². The van der Waals surface area contributed by atoms with Gasteiger partial charge in [0.05, 0.1) is 0 Å². The van der Waals surface area contributed by atoms with E-state index >= 15 is 0 Å². The summed E-state index contributed by atoms with van der Waals surface area (Å²) in [5, 5.41) is 3.93. The van der Waals surface area contributed by atoms with Crippen molar-refractivity contribution in [3.05, 3.63) is 0 Å². The van der Waals surface area contributed by atoms with E-state index in [2.05, 4.69) is 33.0 Å². The first kappa shape index (κ1) is 13.0. The van der Waals surface area contributed by atoms with Crippen LogP contribution >= 0.6 is 0 Å². The number of rotatable bonds is 3. The summed E-state index contributed by atoms with van der Waals surface area (Å²) in [6.45, 7) is 10.7. The Balaban J connectivity index is 1.54. The second kappa shape index (κ2) is 4.51. The smallest absolute Gasteiger partial charge is 0.0101 e. The Bertz CT molecular complexity index is 303. The Kier molecular flexibility index (Phi) is 3.25. The van der Waals surface area contributed by atoms with Crippen molar-refractivity contribution in [1.29, 1.82) is 0 Å². The molecule has 0 aliphatic heterocycles. The molecule has 1 heteroatoms. The van der Waals surface area contributed by atoms with Crippen LogP contribution in [0.5, 0.6) is 0 Å². The average Bonchev–Trinajstić information content (AvgIpc) is 2.95. The zero-order valence-electron chi connectivity index (χ0n) is 12.7. The van der Waals surface area contributed by atoms with Crippen molar-refractivity contribution in [2.75, 3.05) is 6.54 Å². The molecule has 3 fully saturated rings. The maximum absolute atomic E-state index is 3.93. The second-order valence-electron chi connectivity index (χ2n) is 8.44. The molecule has 3 aliphatic rings. The first-order chi connectivity index (χ1) is 8.47. The molecular weight excluding hydrogens is 218 g/mol. The predicted molar refractivity (Wildman–Crippen MR) is 77.5 cm³/mol. The molecule has 18 heavy (non-hydrogen) atoms. The van der Waals surface area contributed by atoms with Gasteiger partial charge in [-0.2, -0.15) is 0 Å². The number of hydrogen-bond acceptors (Lipinski definition) is 1. The fourth-order valence-corrected chi connectivity index (χ4v) is 4.94. The normalized spacial score (nSPS) is 44.3. The van der Waals surface area contributed by atoms with Crippen molar-refractivity contribution in [3.8, 4) is 0 Å². The molecule has 3 rings (SSSR count).